The first-order chi connectivity index (χ1) is 43.8. The van der Waals surface area contributed by atoms with Gasteiger partial charge in [0.1, 0.15) is 0 Å². The highest BCUT2D eigenvalue weighted by molar-refractivity contribution is 6.99. The molecule has 6 aliphatic rings. The van der Waals surface area contributed by atoms with Crippen molar-refractivity contribution >= 4 is 73.3 Å². The van der Waals surface area contributed by atoms with E-state index in [1.165, 1.54) is 196 Å². The normalized spacial score (nSPS) is 17.9. The molecule has 2 aromatic heterocycles. The number of anilines is 5. The van der Waals surface area contributed by atoms with Crippen molar-refractivity contribution in [3.8, 4) is 22.5 Å². The predicted molar refractivity (Wildman–Crippen MR) is 373 cm³/mol. The standard InChI is InChI=1S/C84H75BN4/c1-83(2,3)58-44-49-79(68(50-58)55-26-8-4-9-27-55)89-80-53-60(87-75-41-23-18-35-65(75)66-36-19-24-42-76(66)87)46-48-72(80)85-71-47-45-59(86-73-39-21-16-33-63(73)64-34-17-22-40-74(64)86)51-69(71)84(56-28-10-5-11-29-56,57-30-12-6-13-31-57)70-52-61(54-81(89)82(70)85)88-77-38-15-7-14-32-62(77)67-37-20-25-43-78(67)88/h4-6,8-13,16,18,20-21,23,25-31,33,35,37,39,41,43-54,62,77H,7,14-15,17,19,22,24,32,34,36,38,40,42H2,1-3H3. The molecule has 0 spiro atoms. The molecule has 434 valence electrons. The molecule has 2 unspecified atom stereocenters. The van der Waals surface area contributed by atoms with Gasteiger partial charge in [-0.25, -0.2) is 0 Å². The zero-order chi connectivity index (χ0) is 59.1. The first-order valence-electron chi connectivity index (χ1n) is 33.5. The molecule has 5 heteroatoms. The Hall–Kier alpha value is -9.06. The van der Waals surface area contributed by atoms with E-state index >= 15 is 0 Å². The lowest BCUT2D eigenvalue weighted by atomic mass is 9.29. The zero-order valence-corrected chi connectivity index (χ0v) is 51.7. The molecule has 5 heterocycles. The van der Waals surface area contributed by atoms with Gasteiger partial charge in [0, 0.05) is 73.8 Å². The number of hydrogen-bond donors (Lipinski definition) is 0. The van der Waals surface area contributed by atoms with Crippen molar-refractivity contribution in [3.05, 3.63) is 286 Å². The molecular weight excluding hydrogens is 1080 g/mol. The van der Waals surface area contributed by atoms with E-state index < -0.39 is 5.41 Å². The Morgan fingerprint density at radius 3 is 1.66 bits per heavy atom. The Morgan fingerprint density at radius 2 is 0.989 bits per heavy atom. The second kappa shape index (κ2) is 20.5. The fraction of sp³-hybridized carbons (Fsp3) is 0.238. The number of para-hydroxylation sites is 3. The van der Waals surface area contributed by atoms with Gasteiger partial charge >= 0.3 is 0 Å². The summed E-state index contributed by atoms with van der Waals surface area (Å²) in [6.07, 6.45) is 15.4. The molecule has 3 aliphatic carbocycles. The minimum atomic E-state index is -0.750. The van der Waals surface area contributed by atoms with Gasteiger partial charge in [-0.15, -0.1) is 0 Å². The monoisotopic (exact) mass is 1150 g/mol. The van der Waals surface area contributed by atoms with Crippen LogP contribution in [0, 0.1) is 0 Å². The van der Waals surface area contributed by atoms with Crippen LogP contribution in [0.5, 0.6) is 0 Å². The smallest absolute Gasteiger partial charge is 0.247 e. The summed E-state index contributed by atoms with van der Waals surface area (Å²) in [5.74, 6) is 0.462. The molecule has 1 fully saturated rings. The van der Waals surface area contributed by atoms with Gasteiger partial charge in [-0.3, -0.25) is 0 Å². The van der Waals surface area contributed by atoms with Crippen LogP contribution in [0.2, 0.25) is 0 Å². The summed E-state index contributed by atoms with van der Waals surface area (Å²) in [5.41, 5.74) is 31.3. The van der Waals surface area contributed by atoms with E-state index in [1.807, 2.05) is 0 Å². The number of nitrogens with zero attached hydrogens (tertiary/aromatic N) is 4. The molecule has 10 aromatic carbocycles. The number of benzene rings is 10. The van der Waals surface area contributed by atoms with Crippen molar-refractivity contribution in [1.82, 2.24) is 9.13 Å². The fourth-order valence-corrected chi connectivity index (χ4v) is 18.2. The maximum absolute atomic E-state index is 2.85. The van der Waals surface area contributed by atoms with Crippen LogP contribution in [0.25, 0.3) is 44.3 Å². The molecule has 4 nitrogen and oxygen atoms in total. The van der Waals surface area contributed by atoms with Crippen LogP contribution in [0.4, 0.5) is 28.4 Å². The number of aromatic nitrogens is 2. The highest BCUT2D eigenvalue weighted by atomic mass is 15.2. The third kappa shape index (κ3) is 7.92. The van der Waals surface area contributed by atoms with Gasteiger partial charge in [0.2, 0.25) is 6.71 Å². The minimum absolute atomic E-state index is 0.0774. The van der Waals surface area contributed by atoms with Crippen LogP contribution in [-0.4, -0.2) is 21.9 Å². The predicted octanol–water partition coefficient (Wildman–Crippen LogP) is 18.9. The van der Waals surface area contributed by atoms with Crippen LogP contribution in [-0.2, 0) is 36.5 Å². The Labute approximate surface area is 525 Å². The van der Waals surface area contributed by atoms with E-state index in [0.717, 1.165) is 32.1 Å². The molecule has 0 radical (unpaired) electrons. The van der Waals surface area contributed by atoms with Gasteiger partial charge in [0.25, 0.3) is 0 Å². The summed E-state index contributed by atoms with van der Waals surface area (Å²) < 4.78 is 5.33. The van der Waals surface area contributed by atoms with Gasteiger partial charge in [-0.05, 0) is 197 Å². The summed E-state index contributed by atoms with van der Waals surface area (Å²) in [5, 5.41) is 2.80. The van der Waals surface area contributed by atoms with Gasteiger partial charge in [0.15, 0.2) is 0 Å². The van der Waals surface area contributed by atoms with Crippen molar-refractivity contribution in [2.45, 2.75) is 127 Å². The maximum Gasteiger partial charge on any atom is 0.247 e. The summed E-state index contributed by atoms with van der Waals surface area (Å²) in [6.45, 7) is 6.99. The average Bonchev–Trinajstić information content (AvgIpc) is 1.28. The minimum Gasteiger partial charge on any atom is -0.337 e. The average molecular weight is 1150 g/mol. The van der Waals surface area contributed by atoms with Gasteiger partial charge in [-0.2, -0.15) is 0 Å². The van der Waals surface area contributed by atoms with Crippen LogP contribution in [0.15, 0.2) is 231 Å². The SMILES string of the molecule is CC(C)(C)c1ccc(N2c3cc(-n4c5c(c6ccccc64)CCCC5)ccc3B3c4ccc(-n5c6c(c7ccccc75)CCCC6)cc4C(c4ccccc4)(c4ccccc4)c4cc(N5c6ccccc6C6CCCCCC65)cc2c43)c(-c2ccccc2)c1. The van der Waals surface area contributed by atoms with Crippen molar-refractivity contribution in [1.29, 1.82) is 0 Å². The highest BCUT2D eigenvalue weighted by Crippen LogP contribution is 2.56. The quantitative estimate of drug-likeness (QED) is 0.148. The van der Waals surface area contributed by atoms with E-state index in [2.05, 4.69) is 270 Å². The molecule has 0 amide bonds. The lowest BCUT2D eigenvalue weighted by Gasteiger charge is -2.49. The van der Waals surface area contributed by atoms with E-state index in [4.69, 9.17) is 0 Å². The topological polar surface area (TPSA) is 16.3 Å². The number of rotatable bonds is 7. The summed E-state index contributed by atoms with van der Waals surface area (Å²) in [7, 11) is 0. The molecule has 89 heavy (non-hydrogen) atoms. The fourth-order valence-electron chi connectivity index (χ4n) is 18.2. The number of hydrogen-bond acceptors (Lipinski definition) is 2. The number of fused-ring (bicyclic) bond motifs is 13. The maximum atomic E-state index is 2.85. The van der Waals surface area contributed by atoms with Crippen LogP contribution in [0.3, 0.4) is 0 Å². The van der Waals surface area contributed by atoms with E-state index in [-0.39, 0.29) is 12.1 Å². The third-order valence-electron chi connectivity index (χ3n) is 22.1. The lowest BCUT2D eigenvalue weighted by molar-refractivity contribution is 0.529. The third-order valence-corrected chi connectivity index (χ3v) is 22.1. The van der Waals surface area contributed by atoms with E-state index in [0.29, 0.717) is 12.0 Å². The molecule has 0 bridgehead atoms. The Morgan fingerprint density at radius 1 is 0.427 bits per heavy atom. The van der Waals surface area contributed by atoms with Gasteiger partial charge < -0.3 is 18.9 Å². The largest absolute Gasteiger partial charge is 0.337 e. The van der Waals surface area contributed by atoms with Crippen molar-refractivity contribution < 1.29 is 0 Å². The second-order valence-corrected chi connectivity index (χ2v) is 27.7. The first kappa shape index (κ1) is 53.0. The van der Waals surface area contributed by atoms with Gasteiger partial charge in [0.05, 0.1) is 22.1 Å². The van der Waals surface area contributed by atoms with Crippen LogP contribution < -0.4 is 26.2 Å². The van der Waals surface area contributed by atoms with E-state index in [9.17, 15) is 0 Å². The Kier molecular flexibility index (Phi) is 12.2. The highest BCUT2D eigenvalue weighted by Gasteiger charge is 2.53. The first-order valence-corrected chi connectivity index (χ1v) is 33.5. The molecule has 0 N–H and O–H groups in total. The van der Waals surface area contributed by atoms with Gasteiger partial charge in [-0.1, -0.05) is 209 Å². The van der Waals surface area contributed by atoms with E-state index in [1.54, 1.807) is 0 Å². The molecule has 0 saturated heterocycles. The Bertz CT molecular complexity index is 4750. The van der Waals surface area contributed by atoms with Crippen LogP contribution in [0.1, 0.15) is 140 Å². The van der Waals surface area contributed by atoms with Crippen molar-refractivity contribution in [2.75, 3.05) is 9.80 Å². The summed E-state index contributed by atoms with van der Waals surface area (Å²) in [6, 6.07) is 91.4. The molecule has 1 saturated carbocycles. The molecule has 18 rings (SSSR count). The molecular formula is C84H75BN4. The summed E-state index contributed by atoms with van der Waals surface area (Å²) in [4.78, 5) is 5.63. The van der Waals surface area contributed by atoms with Crippen molar-refractivity contribution in [2.24, 2.45) is 0 Å². The zero-order valence-electron chi connectivity index (χ0n) is 51.7. The number of aryl methyl sites for hydroxylation is 2. The van der Waals surface area contributed by atoms with Crippen molar-refractivity contribution in [3.63, 3.8) is 0 Å². The second-order valence-electron chi connectivity index (χ2n) is 27.7. The summed E-state index contributed by atoms with van der Waals surface area (Å²) >= 11 is 0. The molecule has 12 aromatic rings. The molecule has 3 aliphatic heterocycles. The molecule has 2 atom stereocenters. The lowest BCUT2D eigenvalue weighted by Crippen LogP contribution is -2.65. The Balaban J connectivity index is 1.01. The van der Waals surface area contributed by atoms with Crippen LogP contribution >= 0.6 is 0 Å².